The molecule has 1 aliphatic heterocycles. The van der Waals surface area contributed by atoms with Crippen LogP contribution in [0.4, 0.5) is 4.39 Å². The fraction of sp³-hybridized carbons (Fsp3) is 0.348. The number of benzene rings is 2. The molecule has 0 radical (unpaired) electrons. The van der Waals surface area contributed by atoms with Gasteiger partial charge in [-0.1, -0.05) is 24.3 Å². The molecule has 0 atom stereocenters. The van der Waals surface area contributed by atoms with Crippen LogP contribution in [0.3, 0.4) is 0 Å². The molecule has 0 bridgehead atoms. The number of piperazine rings is 1. The van der Waals surface area contributed by atoms with Crippen molar-refractivity contribution >= 4 is 16.9 Å². The van der Waals surface area contributed by atoms with E-state index >= 15 is 0 Å². The molecular formula is C23H25FN2O3. The van der Waals surface area contributed by atoms with Gasteiger partial charge in [0.2, 0.25) is 0 Å². The van der Waals surface area contributed by atoms with Gasteiger partial charge in [0.15, 0.2) is 17.2 Å². The summed E-state index contributed by atoms with van der Waals surface area (Å²) in [6.07, 6.45) is 0. The number of furan rings is 1. The summed E-state index contributed by atoms with van der Waals surface area (Å²) in [6, 6.07) is 12.9. The van der Waals surface area contributed by atoms with Gasteiger partial charge in [-0.25, -0.2) is 4.39 Å². The lowest BCUT2D eigenvalue weighted by molar-refractivity contribution is 0.0599. The van der Waals surface area contributed by atoms with E-state index in [0.717, 1.165) is 25.4 Å². The van der Waals surface area contributed by atoms with Crippen molar-refractivity contribution in [2.24, 2.45) is 0 Å². The number of ether oxygens (including phenoxy) is 1. The molecule has 1 aliphatic rings. The monoisotopic (exact) mass is 396 g/mol. The molecule has 1 saturated heterocycles. The number of nitrogens with zero attached hydrogens (tertiary/aromatic N) is 2. The third-order valence-electron chi connectivity index (χ3n) is 5.41. The molecule has 1 aromatic heterocycles. The molecule has 4 rings (SSSR count). The van der Waals surface area contributed by atoms with Crippen LogP contribution in [-0.4, -0.2) is 48.5 Å². The van der Waals surface area contributed by atoms with Crippen molar-refractivity contribution in [3.05, 3.63) is 65.2 Å². The summed E-state index contributed by atoms with van der Waals surface area (Å²) in [6.45, 7) is 8.08. The molecule has 0 unspecified atom stereocenters. The second kappa shape index (κ2) is 8.25. The lowest BCUT2D eigenvalue weighted by Crippen LogP contribution is -2.48. The van der Waals surface area contributed by atoms with Crippen molar-refractivity contribution in [1.82, 2.24) is 9.80 Å². The highest BCUT2D eigenvalue weighted by Gasteiger charge is 2.27. The van der Waals surface area contributed by atoms with Crippen LogP contribution in [0.15, 0.2) is 46.9 Å². The zero-order valence-electron chi connectivity index (χ0n) is 16.8. The van der Waals surface area contributed by atoms with E-state index in [1.165, 1.54) is 11.6 Å². The molecule has 0 aliphatic carbocycles. The van der Waals surface area contributed by atoms with Crippen LogP contribution in [0.1, 0.15) is 28.6 Å². The molecule has 6 heteroatoms. The lowest BCUT2D eigenvalue weighted by Gasteiger charge is -2.34. The van der Waals surface area contributed by atoms with Crippen molar-refractivity contribution in [3.8, 4) is 5.75 Å². The molecule has 2 aromatic carbocycles. The zero-order valence-corrected chi connectivity index (χ0v) is 16.8. The van der Waals surface area contributed by atoms with Crippen LogP contribution in [0, 0.1) is 12.7 Å². The maximum Gasteiger partial charge on any atom is 0.289 e. The second-order valence-electron chi connectivity index (χ2n) is 7.32. The van der Waals surface area contributed by atoms with Gasteiger partial charge in [0, 0.05) is 43.7 Å². The molecule has 0 saturated carbocycles. The number of aryl methyl sites for hydroxylation is 1. The van der Waals surface area contributed by atoms with E-state index in [-0.39, 0.29) is 17.3 Å². The van der Waals surface area contributed by atoms with E-state index in [2.05, 4.69) is 17.0 Å². The minimum Gasteiger partial charge on any atom is -0.494 e. The number of para-hydroxylation sites is 1. The van der Waals surface area contributed by atoms with Crippen LogP contribution >= 0.6 is 0 Å². The Hall–Kier alpha value is -2.86. The molecule has 29 heavy (non-hydrogen) atoms. The predicted molar refractivity (Wildman–Crippen MR) is 110 cm³/mol. The largest absolute Gasteiger partial charge is 0.494 e. The third-order valence-corrected chi connectivity index (χ3v) is 5.41. The van der Waals surface area contributed by atoms with Crippen LogP contribution in [0.25, 0.3) is 11.0 Å². The molecule has 3 aromatic rings. The third kappa shape index (κ3) is 3.98. The fourth-order valence-corrected chi connectivity index (χ4v) is 3.78. The van der Waals surface area contributed by atoms with E-state index in [1.807, 2.05) is 19.1 Å². The van der Waals surface area contributed by atoms with Gasteiger partial charge in [0.25, 0.3) is 5.91 Å². The second-order valence-corrected chi connectivity index (χ2v) is 7.32. The summed E-state index contributed by atoms with van der Waals surface area (Å²) >= 11 is 0. The number of amides is 1. The number of hydrogen-bond donors (Lipinski definition) is 0. The van der Waals surface area contributed by atoms with Crippen LogP contribution < -0.4 is 4.74 Å². The highest BCUT2D eigenvalue weighted by atomic mass is 19.1. The van der Waals surface area contributed by atoms with Gasteiger partial charge in [-0.2, -0.15) is 0 Å². The Morgan fingerprint density at radius 1 is 1.10 bits per heavy atom. The number of fused-ring (bicyclic) bond motifs is 1. The average molecular weight is 396 g/mol. The van der Waals surface area contributed by atoms with Gasteiger partial charge in [-0.05, 0) is 37.6 Å². The summed E-state index contributed by atoms with van der Waals surface area (Å²) in [5, 5.41) is 0.655. The number of carbonyl (C=O) groups is 1. The standard InChI is InChI=1S/C23H25FN2O3/c1-3-28-18-9-7-17(8-10-18)15-25-11-13-26(14-12-25)23(27)21-16(2)19-5-4-6-20(24)22(19)29-21/h4-10H,3,11-15H2,1-2H3. The first-order chi connectivity index (χ1) is 14.1. The molecular weight excluding hydrogens is 371 g/mol. The first kappa shape index (κ1) is 19.5. The molecule has 5 nitrogen and oxygen atoms in total. The van der Waals surface area contributed by atoms with Crippen LogP contribution in [0.2, 0.25) is 0 Å². The Labute approximate surface area is 169 Å². The van der Waals surface area contributed by atoms with Gasteiger partial charge in [-0.3, -0.25) is 9.69 Å². The van der Waals surface area contributed by atoms with E-state index in [9.17, 15) is 9.18 Å². The molecule has 0 spiro atoms. The minimum absolute atomic E-state index is 0.155. The Kier molecular flexibility index (Phi) is 5.53. The Balaban J connectivity index is 1.39. The van der Waals surface area contributed by atoms with Crippen molar-refractivity contribution in [1.29, 1.82) is 0 Å². The minimum atomic E-state index is -0.440. The van der Waals surface area contributed by atoms with Crippen molar-refractivity contribution in [2.75, 3.05) is 32.8 Å². The zero-order chi connectivity index (χ0) is 20.4. The van der Waals surface area contributed by atoms with Gasteiger partial charge in [-0.15, -0.1) is 0 Å². The smallest absolute Gasteiger partial charge is 0.289 e. The van der Waals surface area contributed by atoms with E-state index in [1.54, 1.807) is 24.0 Å². The van der Waals surface area contributed by atoms with Crippen LogP contribution in [-0.2, 0) is 6.54 Å². The van der Waals surface area contributed by atoms with Gasteiger partial charge in [0.1, 0.15) is 5.75 Å². The first-order valence-corrected chi connectivity index (χ1v) is 9.97. The normalized spacial score (nSPS) is 15.1. The lowest BCUT2D eigenvalue weighted by atomic mass is 10.1. The maximum absolute atomic E-state index is 14.0. The maximum atomic E-state index is 14.0. The highest BCUT2D eigenvalue weighted by Crippen LogP contribution is 2.28. The van der Waals surface area contributed by atoms with Gasteiger partial charge in [0.05, 0.1) is 6.61 Å². The molecule has 1 amide bonds. The molecule has 152 valence electrons. The number of halogens is 1. The molecule has 0 N–H and O–H groups in total. The van der Waals surface area contributed by atoms with Crippen molar-refractivity contribution in [3.63, 3.8) is 0 Å². The summed E-state index contributed by atoms with van der Waals surface area (Å²) in [4.78, 5) is 17.1. The molecule has 2 heterocycles. The quantitative estimate of drug-likeness (QED) is 0.647. The SMILES string of the molecule is CCOc1ccc(CN2CCN(C(=O)c3oc4c(F)cccc4c3C)CC2)cc1. The molecule has 1 fully saturated rings. The highest BCUT2D eigenvalue weighted by molar-refractivity contribution is 5.99. The first-order valence-electron chi connectivity index (χ1n) is 9.97. The number of carbonyl (C=O) groups excluding carboxylic acids is 1. The average Bonchev–Trinajstić information content (AvgIpc) is 3.08. The van der Waals surface area contributed by atoms with E-state index in [4.69, 9.17) is 9.15 Å². The number of rotatable bonds is 5. The van der Waals surface area contributed by atoms with E-state index < -0.39 is 5.82 Å². The Morgan fingerprint density at radius 3 is 2.48 bits per heavy atom. The van der Waals surface area contributed by atoms with E-state index in [0.29, 0.717) is 30.6 Å². The topological polar surface area (TPSA) is 45.9 Å². The summed E-state index contributed by atoms with van der Waals surface area (Å²) in [5.41, 5.74) is 2.07. The van der Waals surface area contributed by atoms with Gasteiger partial charge < -0.3 is 14.1 Å². The predicted octanol–water partition coefficient (Wildman–Crippen LogP) is 4.24. The van der Waals surface area contributed by atoms with Crippen LogP contribution in [0.5, 0.6) is 5.75 Å². The fourth-order valence-electron chi connectivity index (χ4n) is 3.78. The van der Waals surface area contributed by atoms with Gasteiger partial charge >= 0.3 is 0 Å². The summed E-state index contributed by atoms with van der Waals surface area (Å²) in [7, 11) is 0. The van der Waals surface area contributed by atoms with Crippen molar-refractivity contribution < 1.29 is 18.3 Å². The Bertz CT molecular complexity index is 1000. The number of hydrogen-bond acceptors (Lipinski definition) is 4. The summed E-state index contributed by atoms with van der Waals surface area (Å²) < 4.78 is 25.1. The Morgan fingerprint density at radius 2 is 1.83 bits per heavy atom. The summed E-state index contributed by atoms with van der Waals surface area (Å²) in [5.74, 6) is 0.512. The van der Waals surface area contributed by atoms with Crippen molar-refractivity contribution in [2.45, 2.75) is 20.4 Å².